The van der Waals surface area contributed by atoms with E-state index in [1.165, 1.54) is 5.56 Å². The van der Waals surface area contributed by atoms with Crippen molar-refractivity contribution in [3.05, 3.63) is 35.9 Å². The van der Waals surface area contributed by atoms with Gasteiger partial charge in [-0.25, -0.2) is 9.78 Å². The Morgan fingerprint density at radius 3 is 2.36 bits per heavy atom. The zero-order chi connectivity index (χ0) is 8.23. The van der Waals surface area contributed by atoms with Gasteiger partial charge in [0.1, 0.15) is 6.10 Å². The van der Waals surface area contributed by atoms with E-state index in [-0.39, 0.29) is 65.2 Å². The Balaban J connectivity index is 0.000000845. The summed E-state index contributed by atoms with van der Waals surface area (Å²) in [4.78, 5) is 10.1. The molecule has 2 rings (SSSR count). The van der Waals surface area contributed by atoms with E-state index >= 15 is 0 Å². The van der Waals surface area contributed by atoms with E-state index in [4.69, 9.17) is 9.78 Å². The first-order valence-corrected chi connectivity index (χ1v) is 4.30. The number of hydrogen-bond acceptors (Lipinski definition) is 2. The van der Waals surface area contributed by atoms with Crippen LogP contribution in [0.1, 0.15) is 24.5 Å². The third-order valence-electron chi connectivity index (χ3n) is 2.05. The number of benzene rings is 1. The Bertz CT molecular complexity index is 235. The van der Waals surface area contributed by atoms with E-state index in [0.717, 1.165) is 19.4 Å². The van der Waals surface area contributed by atoms with Gasteiger partial charge in [-0.05, 0) is 18.4 Å². The average Bonchev–Trinajstić information content (AvgIpc) is 2.21. The molecule has 1 atom stereocenters. The van der Waals surface area contributed by atoms with Crippen LogP contribution in [0.2, 0.25) is 0 Å². The molecule has 1 heterocycles. The normalized spacial score (nSPS) is 20.4. The summed E-state index contributed by atoms with van der Waals surface area (Å²) in [5, 5.41) is 0. The van der Waals surface area contributed by atoms with Gasteiger partial charge in [0.15, 0.2) is 0 Å². The predicted octanol–water partition coefficient (Wildman–Crippen LogP) is 1.71. The van der Waals surface area contributed by atoms with Crippen molar-refractivity contribution in [3.8, 4) is 0 Å². The third-order valence-corrected chi connectivity index (χ3v) is 2.05. The molecule has 1 fully saturated rings. The molecule has 0 spiro atoms. The summed E-state index contributed by atoms with van der Waals surface area (Å²) in [6.45, 7) is 0.726. The molecule has 1 aromatic rings. The third kappa shape index (κ3) is 4.33. The fraction of sp³-hybridized carbons (Fsp3) is 0.400. The molecule has 1 aliphatic heterocycles. The minimum atomic E-state index is 0. The summed E-state index contributed by atoms with van der Waals surface area (Å²) >= 11 is 0. The van der Waals surface area contributed by atoms with Crippen molar-refractivity contribution < 1.29 is 9.78 Å². The van der Waals surface area contributed by atoms with Crippen molar-refractivity contribution in [3.63, 3.8) is 0 Å². The van der Waals surface area contributed by atoms with Crippen LogP contribution in [0.5, 0.6) is 0 Å². The van der Waals surface area contributed by atoms with E-state index in [1.54, 1.807) is 0 Å². The smallest absolute Gasteiger partial charge is 0.118 e. The molecule has 1 unspecified atom stereocenters. The molecule has 2 nitrogen and oxygen atoms in total. The Labute approximate surface area is 129 Å². The summed E-state index contributed by atoms with van der Waals surface area (Å²) in [6, 6.07) is 10.2. The maximum absolute atomic E-state index is 5.16. The van der Waals surface area contributed by atoms with Gasteiger partial charge in [-0.2, -0.15) is 0 Å². The van der Waals surface area contributed by atoms with Crippen LogP contribution in [-0.2, 0) is 9.78 Å². The fourth-order valence-electron chi connectivity index (χ4n) is 1.40. The molecule has 0 bridgehead atoms. The summed E-state index contributed by atoms with van der Waals surface area (Å²) in [7, 11) is 0. The maximum atomic E-state index is 5.16. The first kappa shape index (κ1) is 15.1. The molecular formula is C10H12Na2O2. The van der Waals surface area contributed by atoms with Gasteiger partial charge in [-0.1, -0.05) is 30.3 Å². The molecule has 1 aromatic carbocycles. The molecule has 4 heteroatoms. The molecule has 2 radical (unpaired) electrons. The van der Waals surface area contributed by atoms with Crippen LogP contribution in [0.25, 0.3) is 0 Å². The molecule has 0 N–H and O–H groups in total. The van der Waals surface area contributed by atoms with E-state index in [0.29, 0.717) is 0 Å². The molecule has 0 saturated carbocycles. The molecule has 0 aliphatic carbocycles. The Morgan fingerprint density at radius 2 is 1.79 bits per heavy atom. The van der Waals surface area contributed by atoms with Crippen LogP contribution in [0, 0.1) is 0 Å². The van der Waals surface area contributed by atoms with Crippen molar-refractivity contribution in [2.24, 2.45) is 0 Å². The van der Waals surface area contributed by atoms with Gasteiger partial charge < -0.3 is 0 Å². The molecular weight excluding hydrogens is 198 g/mol. The van der Waals surface area contributed by atoms with E-state index < -0.39 is 0 Å². The summed E-state index contributed by atoms with van der Waals surface area (Å²) in [5.74, 6) is 0. The molecule has 1 saturated heterocycles. The van der Waals surface area contributed by atoms with Gasteiger partial charge in [0, 0.05) is 59.1 Å². The number of hydrogen-bond donors (Lipinski definition) is 0. The van der Waals surface area contributed by atoms with Crippen LogP contribution < -0.4 is 0 Å². The van der Waals surface area contributed by atoms with Gasteiger partial charge in [0.25, 0.3) is 0 Å². The Morgan fingerprint density at radius 1 is 1.07 bits per heavy atom. The molecule has 1 aliphatic rings. The van der Waals surface area contributed by atoms with Crippen molar-refractivity contribution in [1.29, 1.82) is 0 Å². The van der Waals surface area contributed by atoms with Crippen LogP contribution in [0.15, 0.2) is 30.3 Å². The summed E-state index contributed by atoms with van der Waals surface area (Å²) in [6.07, 6.45) is 2.28. The van der Waals surface area contributed by atoms with Crippen molar-refractivity contribution in [2.75, 3.05) is 6.61 Å². The second-order valence-electron chi connectivity index (χ2n) is 2.96. The maximum Gasteiger partial charge on any atom is 0.118 e. The molecule has 14 heavy (non-hydrogen) atoms. The zero-order valence-electron chi connectivity index (χ0n) is 8.90. The summed E-state index contributed by atoms with van der Waals surface area (Å²) < 4.78 is 0. The predicted molar refractivity (Wildman–Crippen MR) is 57.0 cm³/mol. The van der Waals surface area contributed by atoms with Gasteiger partial charge in [0.2, 0.25) is 0 Å². The summed E-state index contributed by atoms with van der Waals surface area (Å²) in [5.41, 5.74) is 1.21. The minimum Gasteiger partial charge on any atom is -0.236 e. The molecule has 66 valence electrons. The van der Waals surface area contributed by atoms with Gasteiger partial charge in [0.05, 0.1) is 6.61 Å². The second-order valence-corrected chi connectivity index (χ2v) is 2.96. The van der Waals surface area contributed by atoms with Crippen molar-refractivity contribution >= 4 is 59.1 Å². The van der Waals surface area contributed by atoms with E-state index in [1.807, 2.05) is 18.2 Å². The standard InChI is InChI=1S/C10H12O2.2Na/c1-2-5-9(6-3-1)10-7-4-8-11-12-10;;/h1-3,5-6,10H,4,7-8H2;;. The second kappa shape index (κ2) is 8.31. The fourth-order valence-corrected chi connectivity index (χ4v) is 1.40. The number of rotatable bonds is 1. The SMILES string of the molecule is [Na].[Na].c1ccc(C2CCCOO2)cc1. The monoisotopic (exact) mass is 210 g/mol. The Hall–Kier alpha value is 1.14. The van der Waals surface area contributed by atoms with E-state index in [2.05, 4.69) is 12.1 Å². The van der Waals surface area contributed by atoms with Crippen molar-refractivity contribution in [1.82, 2.24) is 0 Å². The van der Waals surface area contributed by atoms with Crippen LogP contribution in [-0.4, -0.2) is 65.7 Å². The Kier molecular flexibility index (Phi) is 8.99. The van der Waals surface area contributed by atoms with Crippen LogP contribution >= 0.6 is 0 Å². The van der Waals surface area contributed by atoms with Gasteiger partial charge >= 0.3 is 0 Å². The van der Waals surface area contributed by atoms with Gasteiger partial charge in [-0.3, -0.25) is 0 Å². The average molecular weight is 210 g/mol. The first-order valence-electron chi connectivity index (χ1n) is 4.30. The van der Waals surface area contributed by atoms with Crippen LogP contribution in [0.3, 0.4) is 0 Å². The van der Waals surface area contributed by atoms with Crippen LogP contribution in [0.4, 0.5) is 0 Å². The van der Waals surface area contributed by atoms with Gasteiger partial charge in [-0.15, -0.1) is 0 Å². The zero-order valence-corrected chi connectivity index (χ0v) is 12.9. The quantitative estimate of drug-likeness (QED) is 0.519. The molecule has 0 aromatic heterocycles. The minimum absolute atomic E-state index is 0. The largest absolute Gasteiger partial charge is 0.236 e. The first-order chi connectivity index (χ1) is 5.97. The topological polar surface area (TPSA) is 18.5 Å². The molecule has 0 amide bonds. The van der Waals surface area contributed by atoms with E-state index in [9.17, 15) is 0 Å². The van der Waals surface area contributed by atoms with Crippen molar-refractivity contribution in [2.45, 2.75) is 18.9 Å².